The average Bonchev–Trinajstić information content (AvgIpc) is 3.46. The summed E-state index contributed by atoms with van der Waals surface area (Å²) in [5.41, 5.74) is 1.39. The number of anilines is 2. The van der Waals surface area contributed by atoms with E-state index in [2.05, 4.69) is 10.3 Å². The van der Waals surface area contributed by atoms with E-state index in [-0.39, 0.29) is 31.2 Å². The number of carbonyl (C=O) groups is 2. The molecule has 3 heterocycles. The molecule has 1 aromatic heterocycles. The molecule has 0 unspecified atom stereocenters. The number of carboxylic acid groups (broad SMARTS) is 1. The number of hydrogen-bond acceptors (Lipinski definition) is 5. The van der Waals surface area contributed by atoms with Crippen LogP contribution in [0.3, 0.4) is 0 Å². The Morgan fingerprint density at radius 3 is 2.16 bits per heavy atom. The maximum Gasteiger partial charge on any atom is 0.416 e. The summed E-state index contributed by atoms with van der Waals surface area (Å²) in [5, 5.41) is 11.9. The molecule has 13 heteroatoms. The van der Waals surface area contributed by atoms with Gasteiger partial charge in [-0.1, -0.05) is 12.1 Å². The van der Waals surface area contributed by atoms with Gasteiger partial charge in [-0.2, -0.15) is 26.3 Å². The van der Waals surface area contributed by atoms with Crippen LogP contribution in [0.4, 0.5) is 37.8 Å². The van der Waals surface area contributed by atoms with Gasteiger partial charge in [-0.15, -0.1) is 0 Å². The maximum atomic E-state index is 13.7. The molecule has 3 aromatic rings. The first-order valence-corrected chi connectivity index (χ1v) is 14.2. The summed E-state index contributed by atoms with van der Waals surface area (Å²) < 4.78 is 80.4. The predicted molar refractivity (Wildman–Crippen MR) is 151 cm³/mol. The fourth-order valence-electron chi connectivity index (χ4n) is 5.80. The van der Waals surface area contributed by atoms with E-state index < -0.39 is 35.8 Å². The SMILES string of the molecule is O=C(Nc1cc(CN2CCC[C@H]2C(F)(F)F)c(-c2ccc(C(F)(F)F)cc2)cn1)c1ccc(N2CCC(C(=O)O)CC2)cc1. The highest BCUT2D eigenvalue weighted by molar-refractivity contribution is 6.04. The molecule has 0 aliphatic carbocycles. The minimum atomic E-state index is -4.54. The zero-order valence-electron chi connectivity index (χ0n) is 23.5. The number of rotatable bonds is 7. The van der Waals surface area contributed by atoms with Crippen LogP contribution in [0.1, 0.15) is 47.2 Å². The summed E-state index contributed by atoms with van der Waals surface area (Å²) in [4.78, 5) is 31.8. The fourth-order valence-corrected chi connectivity index (χ4v) is 5.80. The van der Waals surface area contributed by atoms with Crippen molar-refractivity contribution in [2.24, 2.45) is 5.92 Å². The molecule has 7 nitrogen and oxygen atoms in total. The summed E-state index contributed by atoms with van der Waals surface area (Å²) >= 11 is 0. The van der Waals surface area contributed by atoms with E-state index in [1.165, 1.54) is 29.3 Å². The van der Waals surface area contributed by atoms with Crippen LogP contribution in [0.5, 0.6) is 0 Å². The number of hydrogen-bond donors (Lipinski definition) is 2. The molecule has 2 aliphatic rings. The van der Waals surface area contributed by atoms with Gasteiger partial charge in [0.2, 0.25) is 0 Å². The Hall–Kier alpha value is -4.13. The fraction of sp³-hybridized carbons (Fsp3) is 0.387. The smallest absolute Gasteiger partial charge is 0.416 e. The number of piperidine rings is 1. The highest BCUT2D eigenvalue weighted by Gasteiger charge is 2.45. The van der Waals surface area contributed by atoms with E-state index in [4.69, 9.17) is 0 Å². The number of aromatic nitrogens is 1. The summed E-state index contributed by atoms with van der Waals surface area (Å²) in [6, 6.07) is 10.9. The van der Waals surface area contributed by atoms with Gasteiger partial charge in [-0.25, -0.2) is 4.98 Å². The number of halogens is 6. The number of carboxylic acids is 1. The topological polar surface area (TPSA) is 85.8 Å². The average molecular weight is 621 g/mol. The number of nitrogens with one attached hydrogen (secondary N) is 1. The van der Waals surface area contributed by atoms with E-state index in [1.807, 2.05) is 4.90 Å². The van der Waals surface area contributed by atoms with E-state index in [9.17, 15) is 41.0 Å². The standard InChI is InChI=1S/C31H30F6N4O3/c32-30(33,34)23-7-3-19(4-8-23)25-17-38-27(16-22(25)18-41-13-1-2-26(41)31(35,36)37)39-28(42)20-5-9-24(10-6-20)40-14-11-21(12-15-40)29(43)44/h3-10,16-17,21,26H,1-2,11-15,18H2,(H,43,44)(H,38,39,42)/t26-/m0/s1. The summed E-state index contributed by atoms with van der Waals surface area (Å²) in [7, 11) is 0. The van der Waals surface area contributed by atoms with Crippen molar-refractivity contribution < 1.29 is 41.0 Å². The number of aliphatic carboxylic acids is 1. The first kappa shape index (κ1) is 31.3. The molecule has 1 amide bonds. The van der Waals surface area contributed by atoms with E-state index in [1.54, 1.807) is 24.3 Å². The van der Waals surface area contributed by atoms with Gasteiger partial charge in [0.15, 0.2) is 0 Å². The van der Waals surface area contributed by atoms with Crippen molar-refractivity contribution in [2.45, 2.75) is 50.6 Å². The van der Waals surface area contributed by atoms with E-state index in [0.717, 1.165) is 17.8 Å². The second kappa shape index (κ2) is 12.5. The molecule has 2 aliphatic heterocycles. The molecule has 5 rings (SSSR count). The Labute approximate surface area is 249 Å². The zero-order chi connectivity index (χ0) is 31.6. The first-order chi connectivity index (χ1) is 20.8. The lowest BCUT2D eigenvalue weighted by Gasteiger charge is -2.32. The lowest BCUT2D eigenvalue weighted by Crippen LogP contribution is -2.40. The van der Waals surface area contributed by atoms with Gasteiger partial charge >= 0.3 is 18.3 Å². The molecule has 1 atom stereocenters. The highest BCUT2D eigenvalue weighted by Crippen LogP contribution is 2.36. The molecule has 2 saturated heterocycles. The number of amides is 1. The third kappa shape index (κ3) is 7.15. The molecule has 44 heavy (non-hydrogen) atoms. The highest BCUT2D eigenvalue weighted by atomic mass is 19.4. The Morgan fingerprint density at radius 1 is 0.909 bits per heavy atom. The van der Waals surface area contributed by atoms with Gasteiger partial charge < -0.3 is 15.3 Å². The Kier molecular flexibility index (Phi) is 8.87. The first-order valence-electron chi connectivity index (χ1n) is 14.2. The second-order valence-electron chi connectivity index (χ2n) is 11.1. The van der Waals surface area contributed by atoms with Crippen molar-refractivity contribution >= 4 is 23.4 Å². The molecule has 2 aromatic carbocycles. The number of benzene rings is 2. The van der Waals surface area contributed by atoms with Crippen LogP contribution in [0.2, 0.25) is 0 Å². The van der Waals surface area contributed by atoms with Crippen LogP contribution in [0.15, 0.2) is 60.8 Å². The van der Waals surface area contributed by atoms with Crippen LogP contribution in [-0.4, -0.2) is 58.7 Å². The van der Waals surface area contributed by atoms with E-state index >= 15 is 0 Å². The van der Waals surface area contributed by atoms with Crippen molar-refractivity contribution in [3.63, 3.8) is 0 Å². The van der Waals surface area contributed by atoms with Gasteiger partial charge in [0, 0.05) is 42.6 Å². The lowest BCUT2D eigenvalue weighted by molar-refractivity contribution is -0.177. The summed E-state index contributed by atoms with van der Waals surface area (Å²) in [6.45, 7) is 1.21. The number of pyridine rings is 1. The molecular formula is C31H30F6N4O3. The minimum absolute atomic E-state index is 0.0542. The van der Waals surface area contributed by atoms with Gasteiger partial charge in [0.05, 0.1) is 11.5 Å². The third-order valence-electron chi connectivity index (χ3n) is 8.21. The Bertz CT molecular complexity index is 1480. The van der Waals surface area contributed by atoms with E-state index in [0.29, 0.717) is 54.6 Å². The number of nitrogens with zero attached hydrogens (tertiary/aromatic N) is 3. The van der Waals surface area contributed by atoms with Crippen molar-refractivity contribution in [3.8, 4) is 11.1 Å². The molecule has 0 bridgehead atoms. The molecule has 234 valence electrons. The lowest BCUT2D eigenvalue weighted by atomic mass is 9.96. The summed E-state index contributed by atoms with van der Waals surface area (Å²) in [6.07, 6.45) is -6.30. The third-order valence-corrected chi connectivity index (χ3v) is 8.21. The zero-order valence-corrected chi connectivity index (χ0v) is 23.5. The minimum Gasteiger partial charge on any atom is -0.481 e. The molecular weight excluding hydrogens is 590 g/mol. The molecule has 2 fully saturated rings. The molecule has 0 saturated carbocycles. The molecule has 2 N–H and O–H groups in total. The van der Waals surface area contributed by atoms with Crippen molar-refractivity contribution in [3.05, 3.63) is 77.5 Å². The van der Waals surface area contributed by atoms with Crippen molar-refractivity contribution in [1.29, 1.82) is 0 Å². The molecule has 0 spiro atoms. The van der Waals surface area contributed by atoms with Crippen molar-refractivity contribution in [1.82, 2.24) is 9.88 Å². The number of alkyl halides is 6. The Balaban J connectivity index is 1.36. The normalized spacial score (nSPS) is 18.4. The van der Waals surface area contributed by atoms with Crippen LogP contribution < -0.4 is 10.2 Å². The largest absolute Gasteiger partial charge is 0.481 e. The van der Waals surface area contributed by atoms with Crippen LogP contribution in [0.25, 0.3) is 11.1 Å². The second-order valence-corrected chi connectivity index (χ2v) is 11.1. The van der Waals surface area contributed by atoms with Gasteiger partial charge in [-0.05, 0) is 85.8 Å². The van der Waals surface area contributed by atoms with Crippen LogP contribution in [-0.2, 0) is 17.5 Å². The predicted octanol–water partition coefficient (Wildman–Crippen LogP) is 6.85. The van der Waals surface area contributed by atoms with Crippen LogP contribution >= 0.6 is 0 Å². The maximum absolute atomic E-state index is 13.7. The van der Waals surface area contributed by atoms with Crippen LogP contribution in [0, 0.1) is 5.92 Å². The number of likely N-dealkylation sites (tertiary alicyclic amines) is 1. The Morgan fingerprint density at radius 2 is 1.57 bits per heavy atom. The summed E-state index contributed by atoms with van der Waals surface area (Å²) in [5.74, 6) is -1.59. The quantitative estimate of drug-likeness (QED) is 0.281. The van der Waals surface area contributed by atoms with Gasteiger partial charge in [0.25, 0.3) is 5.91 Å². The monoisotopic (exact) mass is 620 g/mol. The van der Waals surface area contributed by atoms with Gasteiger partial charge in [-0.3, -0.25) is 14.5 Å². The molecule has 0 radical (unpaired) electrons. The van der Waals surface area contributed by atoms with Gasteiger partial charge in [0.1, 0.15) is 11.9 Å². The number of carbonyl (C=O) groups excluding carboxylic acids is 1. The van der Waals surface area contributed by atoms with Crippen molar-refractivity contribution in [2.75, 3.05) is 29.9 Å².